The number of nitrogens with zero attached hydrogens (tertiary/aromatic N) is 2. The van der Waals surface area contributed by atoms with Crippen LogP contribution in [0.1, 0.15) is 10.4 Å². The first kappa shape index (κ1) is 12.7. The Morgan fingerprint density at radius 1 is 1.61 bits per heavy atom. The van der Waals surface area contributed by atoms with E-state index < -0.39 is 6.10 Å². The first-order valence-electron chi connectivity index (χ1n) is 5.47. The number of halogens is 1. The van der Waals surface area contributed by atoms with Crippen LogP contribution in [-0.2, 0) is 4.74 Å². The van der Waals surface area contributed by atoms with E-state index in [9.17, 15) is 4.79 Å². The van der Waals surface area contributed by atoms with Crippen LogP contribution in [-0.4, -0.2) is 36.6 Å². The lowest BCUT2D eigenvalue weighted by Crippen LogP contribution is -2.45. The second-order valence-electron chi connectivity index (χ2n) is 3.98. The zero-order valence-electron chi connectivity index (χ0n) is 9.60. The second kappa shape index (κ2) is 5.25. The van der Waals surface area contributed by atoms with E-state index in [4.69, 9.17) is 27.3 Å². The van der Waals surface area contributed by atoms with Gasteiger partial charge in [0.15, 0.2) is 6.10 Å². The van der Waals surface area contributed by atoms with Gasteiger partial charge in [-0.1, -0.05) is 11.6 Å². The summed E-state index contributed by atoms with van der Waals surface area (Å²) in [6, 6.07) is 6.76. The van der Waals surface area contributed by atoms with Crippen LogP contribution in [0.4, 0.5) is 5.69 Å². The number of nitriles is 1. The van der Waals surface area contributed by atoms with Crippen molar-refractivity contribution in [3.05, 3.63) is 28.8 Å². The van der Waals surface area contributed by atoms with Crippen LogP contribution in [0.3, 0.4) is 0 Å². The van der Waals surface area contributed by atoms with Gasteiger partial charge in [0, 0.05) is 12.1 Å². The zero-order valence-corrected chi connectivity index (χ0v) is 10.4. The molecule has 1 fully saturated rings. The molecule has 0 radical (unpaired) electrons. The molecule has 1 aliphatic rings. The molecule has 1 saturated heterocycles. The molecular formula is C12H12ClN3O2. The Bertz CT molecular complexity index is 513. The summed E-state index contributed by atoms with van der Waals surface area (Å²) in [7, 11) is 0. The van der Waals surface area contributed by atoms with E-state index in [-0.39, 0.29) is 12.5 Å². The van der Waals surface area contributed by atoms with Crippen molar-refractivity contribution < 1.29 is 9.53 Å². The number of rotatable bonds is 1. The third-order valence-corrected chi connectivity index (χ3v) is 3.07. The van der Waals surface area contributed by atoms with Gasteiger partial charge in [0.1, 0.15) is 0 Å². The average Bonchev–Trinajstić information content (AvgIpc) is 2.41. The van der Waals surface area contributed by atoms with E-state index in [2.05, 4.69) is 0 Å². The van der Waals surface area contributed by atoms with E-state index in [0.717, 1.165) is 0 Å². The summed E-state index contributed by atoms with van der Waals surface area (Å²) in [6.45, 7) is 1.11. The lowest BCUT2D eigenvalue weighted by Gasteiger charge is -2.29. The van der Waals surface area contributed by atoms with Crippen molar-refractivity contribution in [3.63, 3.8) is 0 Å². The normalized spacial score (nSPS) is 19.3. The molecule has 1 heterocycles. The van der Waals surface area contributed by atoms with Gasteiger partial charge in [-0.2, -0.15) is 5.26 Å². The van der Waals surface area contributed by atoms with E-state index in [1.165, 1.54) is 6.07 Å². The van der Waals surface area contributed by atoms with Crippen molar-refractivity contribution >= 4 is 23.2 Å². The standard InChI is InChI=1S/C12H12ClN3O2/c13-10-5-8(1-2-11(10)15)12(17)16-3-4-18-9(6-14)7-16/h1-2,5,9H,3-4,7,15H2. The molecule has 6 heteroatoms. The van der Waals surface area contributed by atoms with Crippen molar-refractivity contribution in [1.82, 2.24) is 4.90 Å². The van der Waals surface area contributed by atoms with Gasteiger partial charge < -0.3 is 15.4 Å². The Kier molecular flexibility index (Phi) is 3.70. The van der Waals surface area contributed by atoms with Gasteiger partial charge in [0.2, 0.25) is 0 Å². The number of nitrogens with two attached hydrogens (primary N) is 1. The SMILES string of the molecule is N#CC1CN(C(=O)c2ccc(N)c(Cl)c2)CCO1. The van der Waals surface area contributed by atoms with Gasteiger partial charge in [-0.15, -0.1) is 0 Å². The first-order valence-corrected chi connectivity index (χ1v) is 5.85. The Balaban J connectivity index is 2.15. The second-order valence-corrected chi connectivity index (χ2v) is 4.38. The number of carbonyl (C=O) groups is 1. The van der Waals surface area contributed by atoms with E-state index >= 15 is 0 Å². The first-order chi connectivity index (χ1) is 8.61. The zero-order chi connectivity index (χ0) is 13.1. The fraction of sp³-hybridized carbons (Fsp3) is 0.333. The lowest BCUT2D eigenvalue weighted by molar-refractivity contribution is 0.00347. The number of hydrogen-bond donors (Lipinski definition) is 1. The number of amides is 1. The molecule has 1 aromatic rings. The third kappa shape index (κ3) is 2.55. The minimum atomic E-state index is -0.563. The molecule has 1 aliphatic heterocycles. The summed E-state index contributed by atoms with van der Waals surface area (Å²) < 4.78 is 5.19. The van der Waals surface area contributed by atoms with Crippen LogP contribution in [0.2, 0.25) is 5.02 Å². The molecule has 0 bridgehead atoms. The molecular weight excluding hydrogens is 254 g/mol. The molecule has 0 spiro atoms. The van der Waals surface area contributed by atoms with Crippen molar-refractivity contribution in [2.24, 2.45) is 0 Å². The number of ether oxygens (including phenoxy) is 1. The molecule has 0 saturated carbocycles. The smallest absolute Gasteiger partial charge is 0.254 e. The number of benzene rings is 1. The largest absolute Gasteiger partial charge is 0.398 e. The monoisotopic (exact) mass is 265 g/mol. The molecule has 5 nitrogen and oxygen atoms in total. The number of hydrogen-bond acceptors (Lipinski definition) is 4. The maximum Gasteiger partial charge on any atom is 0.254 e. The van der Waals surface area contributed by atoms with E-state index in [1.807, 2.05) is 6.07 Å². The number of morpholine rings is 1. The maximum absolute atomic E-state index is 12.2. The molecule has 18 heavy (non-hydrogen) atoms. The molecule has 0 aromatic heterocycles. The number of anilines is 1. The molecule has 2 rings (SSSR count). The summed E-state index contributed by atoms with van der Waals surface area (Å²) >= 11 is 5.88. The maximum atomic E-state index is 12.2. The van der Waals surface area contributed by atoms with E-state index in [0.29, 0.717) is 29.4 Å². The van der Waals surface area contributed by atoms with Crippen LogP contribution in [0.25, 0.3) is 0 Å². The predicted molar refractivity (Wildman–Crippen MR) is 67.1 cm³/mol. The van der Waals surface area contributed by atoms with Crippen LogP contribution in [0.5, 0.6) is 0 Å². The molecule has 94 valence electrons. The van der Waals surface area contributed by atoms with Crippen LogP contribution in [0, 0.1) is 11.3 Å². The fourth-order valence-electron chi connectivity index (χ4n) is 1.75. The summed E-state index contributed by atoms with van der Waals surface area (Å²) in [4.78, 5) is 13.8. The average molecular weight is 266 g/mol. The van der Waals surface area contributed by atoms with Gasteiger partial charge in [-0.05, 0) is 18.2 Å². The van der Waals surface area contributed by atoms with Crippen molar-refractivity contribution in [3.8, 4) is 6.07 Å². The van der Waals surface area contributed by atoms with Crippen molar-refractivity contribution in [2.75, 3.05) is 25.4 Å². The highest BCUT2D eigenvalue weighted by Gasteiger charge is 2.24. The lowest BCUT2D eigenvalue weighted by atomic mass is 10.1. The highest BCUT2D eigenvalue weighted by atomic mass is 35.5. The summed E-state index contributed by atoms with van der Waals surface area (Å²) in [6.07, 6.45) is -0.563. The molecule has 1 aromatic carbocycles. The number of carbonyl (C=O) groups excluding carboxylic acids is 1. The Labute approximate surface area is 110 Å². The van der Waals surface area contributed by atoms with E-state index in [1.54, 1.807) is 17.0 Å². The van der Waals surface area contributed by atoms with Crippen LogP contribution >= 0.6 is 11.6 Å². The van der Waals surface area contributed by atoms with Gasteiger partial charge in [-0.25, -0.2) is 0 Å². The quantitative estimate of drug-likeness (QED) is 0.776. The van der Waals surface area contributed by atoms with Crippen molar-refractivity contribution in [2.45, 2.75) is 6.10 Å². The summed E-state index contributed by atoms with van der Waals surface area (Å²) in [5.74, 6) is -0.166. The predicted octanol–water partition coefficient (Wildman–Crippen LogP) is 1.29. The van der Waals surface area contributed by atoms with Gasteiger partial charge >= 0.3 is 0 Å². The molecule has 1 amide bonds. The molecule has 1 unspecified atom stereocenters. The summed E-state index contributed by atoms with van der Waals surface area (Å²) in [5.41, 5.74) is 6.49. The van der Waals surface area contributed by atoms with Gasteiger partial charge in [0.25, 0.3) is 5.91 Å². The van der Waals surface area contributed by atoms with Gasteiger partial charge in [0.05, 0.1) is 29.9 Å². The molecule has 0 aliphatic carbocycles. The third-order valence-electron chi connectivity index (χ3n) is 2.75. The van der Waals surface area contributed by atoms with Crippen LogP contribution in [0.15, 0.2) is 18.2 Å². The van der Waals surface area contributed by atoms with Gasteiger partial charge in [-0.3, -0.25) is 4.79 Å². The minimum Gasteiger partial charge on any atom is -0.398 e. The Morgan fingerprint density at radius 3 is 3.06 bits per heavy atom. The Hall–Kier alpha value is -1.77. The molecule has 1 atom stereocenters. The fourth-order valence-corrected chi connectivity index (χ4v) is 1.94. The Morgan fingerprint density at radius 2 is 2.39 bits per heavy atom. The van der Waals surface area contributed by atoms with Crippen molar-refractivity contribution in [1.29, 1.82) is 5.26 Å². The highest BCUT2D eigenvalue weighted by Crippen LogP contribution is 2.21. The minimum absolute atomic E-state index is 0.166. The van der Waals surface area contributed by atoms with Crippen LogP contribution < -0.4 is 5.73 Å². The number of nitrogen functional groups attached to an aromatic ring is 1. The molecule has 2 N–H and O–H groups in total. The highest BCUT2D eigenvalue weighted by molar-refractivity contribution is 6.33. The summed E-state index contributed by atoms with van der Waals surface area (Å²) in [5, 5.41) is 9.14. The topological polar surface area (TPSA) is 79.4 Å².